The van der Waals surface area contributed by atoms with E-state index in [4.69, 9.17) is 0 Å². The number of carbonyl (C=O) groups excluding carboxylic acids is 1. The molecule has 1 aliphatic carbocycles. The second-order valence-electron chi connectivity index (χ2n) is 8.20. The van der Waals surface area contributed by atoms with E-state index in [-0.39, 0.29) is 18.7 Å². The molecule has 4 rings (SSSR count). The van der Waals surface area contributed by atoms with Crippen molar-refractivity contribution in [3.8, 4) is 11.4 Å². The Morgan fingerprint density at radius 2 is 1.97 bits per heavy atom. The van der Waals surface area contributed by atoms with Gasteiger partial charge in [-0.3, -0.25) is 4.79 Å². The third kappa shape index (κ3) is 4.60. The van der Waals surface area contributed by atoms with E-state index in [0.717, 1.165) is 16.7 Å². The van der Waals surface area contributed by atoms with Gasteiger partial charge in [-0.05, 0) is 54.2 Å². The molecule has 162 valence electrons. The topological polar surface area (TPSA) is 85.6 Å². The lowest BCUT2D eigenvalue weighted by Crippen LogP contribution is -2.28. The van der Waals surface area contributed by atoms with Crippen molar-refractivity contribution in [2.75, 3.05) is 5.32 Å². The van der Waals surface area contributed by atoms with Crippen LogP contribution in [-0.4, -0.2) is 37.0 Å². The molecule has 0 spiro atoms. The first kappa shape index (κ1) is 21.0. The van der Waals surface area contributed by atoms with Crippen molar-refractivity contribution in [1.29, 1.82) is 0 Å². The largest absolute Gasteiger partial charge is 0.310 e. The molecular weight excluding hydrogens is 402 g/mol. The molecule has 2 atom stereocenters. The van der Waals surface area contributed by atoms with Gasteiger partial charge in [0.15, 0.2) is 0 Å². The Kier molecular flexibility index (Phi) is 5.51. The van der Waals surface area contributed by atoms with Crippen LogP contribution in [0.4, 0.5) is 14.6 Å². The SMILES string of the molecule is Cc1cnc(NC(=O)[C@H](c2ccc(-c3nnn(C)n3)cc2)[C@H]2CCC(F)(F)C2)cc1C. The van der Waals surface area contributed by atoms with E-state index in [1.165, 1.54) is 4.80 Å². The fraction of sp³-hybridized carbons (Fsp3) is 0.409. The van der Waals surface area contributed by atoms with Crippen LogP contribution >= 0.6 is 0 Å². The number of benzene rings is 1. The second-order valence-corrected chi connectivity index (χ2v) is 8.20. The van der Waals surface area contributed by atoms with E-state index < -0.39 is 17.8 Å². The third-order valence-electron chi connectivity index (χ3n) is 5.86. The number of hydrogen-bond donors (Lipinski definition) is 1. The van der Waals surface area contributed by atoms with Crippen LogP contribution in [0.25, 0.3) is 11.4 Å². The molecule has 1 amide bonds. The van der Waals surface area contributed by atoms with Crippen molar-refractivity contribution in [2.24, 2.45) is 13.0 Å². The van der Waals surface area contributed by atoms with Gasteiger partial charge in [0.05, 0.1) is 13.0 Å². The zero-order valence-corrected chi connectivity index (χ0v) is 17.6. The molecular formula is C22H24F2N6O. The number of carbonyl (C=O) groups is 1. The Labute approximate surface area is 178 Å². The summed E-state index contributed by atoms with van der Waals surface area (Å²) in [5.74, 6) is -3.36. The standard InChI is InChI=1S/C22H24F2N6O/c1-13-10-18(25-12-14(13)2)26-21(31)19(17-8-9-22(23,24)11-17)15-4-6-16(7-5-15)20-27-29-30(3)28-20/h4-7,10,12,17,19H,8-9,11H2,1-3H3,(H,25,26,31)/t17-,19+/m0/s1. The Bertz CT molecular complexity index is 1100. The van der Waals surface area contributed by atoms with Crippen molar-refractivity contribution >= 4 is 11.7 Å². The van der Waals surface area contributed by atoms with Gasteiger partial charge in [-0.2, -0.15) is 4.80 Å². The number of nitrogens with zero attached hydrogens (tertiary/aromatic N) is 5. The number of amides is 1. The monoisotopic (exact) mass is 426 g/mol. The second kappa shape index (κ2) is 8.13. The summed E-state index contributed by atoms with van der Waals surface area (Å²) < 4.78 is 28.0. The maximum Gasteiger partial charge on any atom is 0.248 e. The fourth-order valence-corrected chi connectivity index (χ4v) is 4.04. The lowest BCUT2D eigenvalue weighted by Gasteiger charge is -2.23. The van der Waals surface area contributed by atoms with E-state index in [0.29, 0.717) is 23.6 Å². The summed E-state index contributed by atoms with van der Waals surface area (Å²) in [5.41, 5.74) is 3.42. The minimum atomic E-state index is -2.74. The quantitative estimate of drug-likeness (QED) is 0.665. The molecule has 1 saturated carbocycles. The number of alkyl halides is 2. The van der Waals surface area contributed by atoms with Crippen LogP contribution in [0.3, 0.4) is 0 Å². The minimum absolute atomic E-state index is 0.203. The maximum atomic E-state index is 14.0. The van der Waals surface area contributed by atoms with Gasteiger partial charge in [-0.25, -0.2) is 13.8 Å². The van der Waals surface area contributed by atoms with Crippen LogP contribution in [0.5, 0.6) is 0 Å². The van der Waals surface area contributed by atoms with Crippen LogP contribution in [0.15, 0.2) is 36.5 Å². The molecule has 2 aromatic heterocycles. The maximum absolute atomic E-state index is 14.0. The van der Waals surface area contributed by atoms with E-state index in [1.807, 2.05) is 13.8 Å². The van der Waals surface area contributed by atoms with E-state index >= 15 is 0 Å². The van der Waals surface area contributed by atoms with Crippen LogP contribution < -0.4 is 5.32 Å². The molecule has 0 saturated heterocycles. The molecule has 1 fully saturated rings. The Morgan fingerprint density at radius 1 is 1.23 bits per heavy atom. The first-order valence-corrected chi connectivity index (χ1v) is 10.2. The summed E-state index contributed by atoms with van der Waals surface area (Å²) in [6, 6.07) is 8.92. The van der Waals surface area contributed by atoms with Gasteiger partial charge in [0.1, 0.15) is 5.82 Å². The van der Waals surface area contributed by atoms with Gasteiger partial charge in [0.2, 0.25) is 17.7 Å². The number of rotatable bonds is 5. The number of halogens is 2. The average Bonchev–Trinajstić information content (AvgIpc) is 3.31. The summed E-state index contributed by atoms with van der Waals surface area (Å²) in [6.07, 6.45) is 1.47. The summed E-state index contributed by atoms with van der Waals surface area (Å²) in [7, 11) is 1.67. The molecule has 0 aliphatic heterocycles. The Balaban J connectivity index is 1.62. The fourth-order valence-electron chi connectivity index (χ4n) is 4.04. The molecule has 31 heavy (non-hydrogen) atoms. The van der Waals surface area contributed by atoms with Crippen molar-refractivity contribution in [1.82, 2.24) is 25.2 Å². The minimum Gasteiger partial charge on any atom is -0.310 e. The lowest BCUT2D eigenvalue weighted by molar-refractivity contribution is -0.118. The summed E-state index contributed by atoms with van der Waals surface area (Å²) >= 11 is 0. The highest BCUT2D eigenvalue weighted by molar-refractivity contribution is 5.95. The van der Waals surface area contributed by atoms with Gasteiger partial charge in [-0.1, -0.05) is 24.3 Å². The van der Waals surface area contributed by atoms with Crippen molar-refractivity contribution in [3.05, 3.63) is 53.2 Å². The first-order chi connectivity index (χ1) is 14.7. The number of aryl methyl sites for hydroxylation is 3. The number of anilines is 1. The molecule has 1 N–H and O–H groups in total. The van der Waals surface area contributed by atoms with Crippen LogP contribution in [0, 0.1) is 19.8 Å². The number of pyridine rings is 1. The first-order valence-electron chi connectivity index (χ1n) is 10.2. The summed E-state index contributed by atoms with van der Waals surface area (Å²) in [5, 5.41) is 14.8. The van der Waals surface area contributed by atoms with Gasteiger partial charge >= 0.3 is 0 Å². The van der Waals surface area contributed by atoms with Crippen LogP contribution in [0.1, 0.15) is 41.9 Å². The smallest absolute Gasteiger partial charge is 0.248 e. The Hall–Kier alpha value is -3.23. The van der Waals surface area contributed by atoms with Crippen LogP contribution in [-0.2, 0) is 11.8 Å². The number of tetrazole rings is 1. The summed E-state index contributed by atoms with van der Waals surface area (Å²) in [6.45, 7) is 3.87. The zero-order valence-electron chi connectivity index (χ0n) is 17.6. The number of aromatic nitrogens is 5. The molecule has 7 nitrogen and oxygen atoms in total. The zero-order chi connectivity index (χ0) is 22.2. The highest BCUT2D eigenvalue weighted by Crippen LogP contribution is 2.46. The highest BCUT2D eigenvalue weighted by atomic mass is 19.3. The molecule has 9 heteroatoms. The predicted octanol–water partition coefficient (Wildman–Crippen LogP) is 4.05. The lowest BCUT2D eigenvalue weighted by atomic mass is 9.83. The van der Waals surface area contributed by atoms with Crippen molar-refractivity contribution in [2.45, 2.75) is 45.0 Å². The average molecular weight is 426 g/mol. The molecule has 1 aliphatic rings. The molecule has 0 unspecified atom stereocenters. The van der Waals surface area contributed by atoms with Crippen LogP contribution in [0.2, 0.25) is 0 Å². The number of hydrogen-bond acceptors (Lipinski definition) is 5. The molecule has 3 aromatic rings. The summed E-state index contributed by atoms with van der Waals surface area (Å²) in [4.78, 5) is 18.8. The van der Waals surface area contributed by atoms with Crippen molar-refractivity contribution in [3.63, 3.8) is 0 Å². The molecule has 1 aromatic carbocycles. The van der Waals surface area contributed by atoms with Crippen molar-refractivity contribution < 1.29 is 13.6 Å². The molecule has 0 radical (unpaired) electrons. The van der Waals surface area contributed by atoms with Gasteiger partial charge in [0.25, 0.3) is 0 Å². The van der Waals surface area contributed by atoms with E-state index in [2.05, 4.69) is 25.7 Å². The van der Waals surface area contributed by atoms with E-state index in [9.17, 15) is 13.6 Å². The normalized spacial score (nSPS) is 18.7. The predicted molar refractivity (Wildman–Crippen MR) is 112 cm³/mol. The van der Waals surface area contributed by atoms with Gasteiger partial charge in [0, 0.05) is 24.6 Å². The number of nitrogens with one attached hydrogen (secondary N) is 1. The highest BCUT2D eigenvalue weighted by Gasteiger charge is 2.45. The molecule has 0 bridgehead atoms. The van der Waals surface area contributed by atoms with Gasteiger partial charge in [-0.15, -0.1) is 10.2 Å². The Morgan fingerprint density at radius 3 is 2.55 bits per heavy atom. The third-order valence-corrected chi connectivity index (χ3v) is 5.86. The van der Waals surface area contributed by atoms with E-state index in [1.54, 1.807) is 43.6 Å². The van der Waals surface area contributed by atoms with Gasteiger partial charge < -0.3 is 5.32 Å². The molecule has 2 heterocycles.